The topological polar surface area (TPSA) is 160 Å². The molecule has 0 unspecified atom stereocenters. The number of fused-ring (bicyclic) bond motifs is 1. The Labute approximate surface area is 296 Å². The summed E-state index contributed by atoms with van der Waals surface area (Å²) in [5, 5.41) is 14.6. The Kier molecular flexibility index (Phi) is 9.63. The number of nitrogens with one attached hydrogen (secondary N) is 1. The highest BCUT2D eigenvalue weighted by atomic mass is 19.4. The van der Waals surface area contributed by atoms with Gasteiger partial charge in [-0.3, -0.25) is 14.4 Å². The highest BCUT2D eigenvalue weighted by molar-refractivity contribution is 6.50. The van der Waals surface area contributed by atoms with E-state index in [0.717, 1.165) is 9.08 Å². The quantitative estimate of drug-likeness (QED) is 0.214. The van der Waals surface area contributed by atoms with E-state index in [-0.39, 0.29) is 90.6 Å². The average Bonchev–Trinajstić information content (AvgIpc) is 3.56. The molecule has 14 nitrogen and oxygen atoms in total. The number of piperazine rings is 1. The second-order valence-corrected chi connectivity index (χ2v) is 12.4. The van der Waals surface area contributed by atoms with Gasteiger partial charge >= 0.3 is 6.18 Å². The SMILES string of the molecule is [B]C([B])(C(=O)Nc1cc(F)c(C(F)(F)F)cc1C)n1c(CC)c(N2CCN(C(=O)c3ncnc(C)c3O)CC2)c(=O)n2nc(C3=CCOCC3)nc12. The molecule has 3 aromatic heterocycles. The lowest BCUT2D eigenvalue weighted by Gasteiger charge is -2.38. The molecule has 2 amide bonds. The van der Waals surface area contributed by atoms with Crippen molar-refractivity contribution in [2.24, 2.45) is 0 Å². The summed E-state index contributed by atoms with van der Waals surface area (Å²) in [6.45, 7) is 5.56. The monoisotopic (exact) mass is 719 g/mol. The number of aromatic nitrogens is 6. The largest absolute Gasteiger partial charge is 0.504 e. The highest BCUT2D eigenvalue weighted by Gasteiger charge is 2.38. The van der Waals surface area contributed by atoms with Crippen LogP contribution in [0.5, 0.6) is 5.75 Å². The summed E-state index contributed by atoms with van der Waals surface area (Å²) < 4.78 is 62.0. The number of aromatic hydroxyl groups is 1. The first-order valence-corrected chi connectivity index (χ1v) is 16.2. The predicted octanol–water partition coefficient (Wildman–Crippen LogP) is 2.08. The predicted molar refractivity (Wildman–Crippen MR) is 181 cm³/mol. The molecule has 0 atom stereocenters. The zero-order chi connectivity index (χ0) is 37.7. The number of nitrogens with zero attached hydrogens (tertiary/aromatic N) is 8. The minimum absolute atomic E-state index is 0.0602. The Morgan fingerprint density at radius 1 is 1.10 bits per heavy atom. The molecule has 1 aromatic carbocycles. The molecule has 5 heterocycles. The molecule has 1 saturated heterocycles. The average molecular weight is 719 g/mol. The zero-order valence-electron chi connectivity index (χ0n) is 28.3. The summed E-state index contributed by atoms with van der Waals surface area (Å²) in [6.07, 6.45) is -1.56. The molecule has 2 aliphatic heterocycles. The number of halogens is 4. The van der Waals surface area contributed by atoms with E-state index in [9.17, 15) is 37.1 Å². The van der Waals surface area contributed by atoms with Crippen molar-refractivity contribution in [1.29, 1.82) is 0 Å². The maximum atomic E-state index is 14.6. The van der Waals surface area contributed by atoms with Gasteiger partial charge in [-0.1, -0.05) is 13.0 Å². The van der Waals surface area contributed by atoms with Crippen molar-refractivity contribution in [3.63, 3.8) is 0 Å². The normalized spacial score (nSPS) is 15.6. The summed E-state index contributed by atoms with van der Waals surface area (Å²) in [4.78, 5) is 56.9. The van der Waals surface area contributed by atoms with Crippen LogP contribution in [0.3, 0.4) is 0 Å². The van der Waals surface area contributed by atoms with Gasteiger partial charge in [-0.25, -0.2) is 14.4 Å². The summed E-state index contributed by atoms with van der Waals surface area (Å²) in [6, 6.07) is 1.08. The molecular weight excluding hydrogens is 688 g/mol. The fourth-order valence-corrected chi connectivity index (χ4v) is 6.20. The first-order valence-electron chi connectivity index (χ1n) is 16.2. The molecule has 268 valence electrons. The smallest absolute Gasteiger partial charge is 0.419 e. The lowest BCUT2D eigenvalue weighted by atomic mass is 9.60. The lowest BCUT2D eigenvalue weighted by Crippen LogP contribution is -2.53. The molecule has 0 bridgehead atoms. The number of anilines is 2. The van der Waals surface area contributed by atoms with Crippen LogP contribution in [0.4, 0.5) is 28.9 Å². The van der Waals surface area contributed by atoms with Gasteiger partial charge in [0.2, 0.25) is 11.7 Å². The molecule has 20 heteroatoms. The Hall–Kier alpha value is -5.26. The number of ether oxygens (including phenoxy) is 1. The van der Waals surface area contributed by atoms with Crippen molar-refractivity contribution in [2.75, 3.05) is 49.6 Å². The van der Waals surface area contributed by atoms with Crippen molar-refractivity contribution in [3.05, 3.63) is 74.7 Å². The number of aryl methyl sites for hydroxylation is 2. The van der Waals surface area contributed by atoms with E-state index in [0.29, 0.717) is 30.7 Å². The van der Waals surface area contributed by atoms with Gasteiger partial charge in [0.05, 0.1) is 24.5 Å². The van der Waals surface area contributed by atoms with Crippen LogP contribution in [0, 0.1) is 19.7 Å². The zero-order valence-corrected chi connectivity index (χ0v) is 28.3. The summed E-state index contributed by atoms with van der Waals surface area (Å²) in [5.41, 5.74) is -1.61. The number of alkyl halides is 3. The molecule has 2 N–H and O–H groups in total. The van der Waals surface area contributed by atoms with Gasteiger partial charge in [0.1, 0.15) is 33.5 Å². The molecular formula is C32H31B2F4N9O5. The minimum atomic E-state index is -4.97. The van der Waals surface area contributed by atoms with Crippen LogP contribution in [-0.2, 0) is 27.5 Å². The van der Waals surface area contributed by atoms with Gasteiger partial charge in [-0.05, 0) is 50.0 Å². The molecule has 2 aliphatic rings. The van der Waals surface area contributed by atoms with Crippen LogP contribution in [0.2, 0.25) is 0 Å². The standard InChI is InChI=1S/C32H31B2F4N9O5/c1-4-22-24(44-7-9-45(10-8-44)27(49)23-25(48)17(3)39-15-40-23)28(50)47-30(42-26(43-47)18-5-11-52-12-6-18)46(22)31(33,34)29(51)41-21-14-20(35)19(13-16(21)2)32(36,37)38/h5,13-15,48H,4,6-12H2,1-3H3,(H,41,51). The van der Waals surface area contributed by atoms with Gasteiger partial charge < -0.3 is 29.5 Å². The number of amides is 2. The number of benzene rings is 1. The van der Waals surface area contributed by atoms with E-state index in [1.54, 1.807) is 17.9 Å². The molecule has 4 aromatic rings. The third kappa shape index (κ3) is 6.50. The Balaban J connectivity index is 1.42. The van der Waals surface area contributed by atoms with Crippen molar-refractivity contribution in [2.45, 2.75) is 45.1 Å². The second-order valence-electron chi connectivity index (χ2n) is 12.4. The van der Waals surface area contributed by atoms with Crippen LogP contribution in [0.1, 0.15) is 52.2 Å². The maximum Gasteiger partial charge on any atom is 0.419 e. The number of hydrogen-bond donors (Lipinski definition) is 2. The first kappa shape index (κ1) is 36.5. The van der Waals surface area contributed by atoms with E-state index in [2.05, 4.69) is 25.4 Å². The number of carbonyl (C=O) groups is 2. The Morgan fingerprint density at radius 3 is 2.44 bits per heavy atom. The van der Waals surface area contributed by atoms with Gasteiger partial charge in [0.25, 0.3) is 11.5 Å². The fraction of sp³-hybridized carbons (Fsp3) is 0.406. The van der Waals surface area contributed by atoms with Crippen LogP contribution in [-0.4, -0.2) is 106 Å². The van der Waals surface area contributed by atoms with Crippen LogP contribution < -0.4 is 15.8 Å². The maximum absolute atomic E-state index is 14.6. The summed E-state index contributed by atoms with van der Waals surface area (Å²) in [7, 11) is 13.2. The van der Waals surface area contributed by atoms with E-state index >= 15 is 0 Å². The first-order chi connectivity index (χ1) is 24.5. The van der Waals surface area contributed by atoms with Gasteiger partial charge in [0.15, 0.2) is 17.3 Å². The Bertz CT molecular complexity index is 2180. The molecule has 52 heavy (non-hydrogen) atoms. The Morgan fingerprint density at radius 2 is 1.81 bits per heavy atom. The van der Waals surface area contributed by atoms with Crippen LogP contribution in [0.25, 0.3) is 11.4 Å². The summed E-state index contributed by atoms with van der Waals surface area (Å²) in [5.74, 6) is -3.71. The van der Waals surface area contributed by atoms with Crippen molar-refractivity contribution in [3.8, 4) is 5.75 Å². The van der Waals surface area contributed by atoms with Gasteiger partial charge in [-0.15, -0.1) is 5.10 Å². The summed E-state index contributed by atoms with van der Waals surface area (Å²) >= 11 is 0. The molecule has 0 spiro atoms. The molecule has 4 radical (unpaired) electrons. The van der Waals surface area contributed by atoms with Crippen molar-refractivity contribution in [1.82, 2.24) is 34.0 Å². The van der Waals surface area contributed by atoms with E-state index in [1.807, 2.05) is 0 Å². The number of rotatable bonds is 7. The third-order valence-electron chi connectivity index (χ3n) is 9.01. The van der Waals surface area contributed by atoms with E-state index in [4.69, 9.17) is 20.4 Å². The number of hydrogen-bond acceptors (Lipinski definition) is 10. The molecule has 6 rings (SSSR count). The van der Waals surface area contributed by atoms with E-state index < -0.39 is 40.3 Å². The molecule has 0 saturated carbocycles. The molecule has 0 aliphatic carbocycles. The van der Waals surface area contributed by atoms with Crippen molar-refractivity contribution >= 4 is 50.2 Å². The number of carbonyl (C=O) groups excluding carboxylic acids is 2. The van der Waals surface area contributed by atoms with Crippen molar-refractivity contribution < 1.29 is 37.0 Å². The van der Waals surface area contributed by atoms with Gasteiger partial charge in [0, 0.05) is 42.9 Å². The van der Waals surface area contributed by atoms with Crippen LogP contribution >= 0.6 is 0 Å². The minimum Gasteiger partial charge on any atom is -0.504 e. The van der Waals surface area contributed by atoms with E-state index in [1.165, 1.54) is 25.1 Å². The highest BCUT2D eigenvalue weighted by Crippen LogP contribution is 2.35. The third-order valence-corrected chi connectivity index (χ3v) is 9.01. The second kappa shape index (κ2) is 13.7. The fourth-order valence-electron chi connectivity index (χ4n) is 6.20. The molecule has 1 fully saturated rings. The lowest BCUT2D eigenvalue weighted by molar-refractivity contribution is -0.140. The van der Waals surface area contributed by atoms with Crippen LogP contribution in [0.15, 0.2) is 29.3 Å². The van der Waals surface area contributed by atoms with Gasteiger partial charge in [-0.2, -0.15) is 22.7 Å².